The number of carbonyl (C=O) groups is 2. The number of primary amides is 1. The summed E-state index contributed by atoms with van der Waals surface area (Å²) < 4.78 is 34.4. The highest BCUT2D eigenvalue weighted by molar-refractivity contribution is 5.93. The van der Waals surface area contributed by atoms with Crippen LogP contribution < -0.4 is 15.2 Å². The number of methoxy groups -OCH3 is 1. The highest BCUT2D eigenvalue weighted by atomic mass is 19.3. The molecule has 0 radical (unpaired) electrons. The van der Waals surface area contributed by atoms with Crippen LogP contribution in [0.1, 0.15) is 10.4 Å². The molecule has 0 aliphatic carbocycles. The molecule has 0 unspecified atom stereocenters. The first-order valence-corrected chi connectivity index (χ1v) is 4.56. The van der Waals surface area contributed by atoms with Gasteiger partial charge in [0, 0.05) is 5.56 Å². The molecule has 0 spiro atoms. The van der Waals surface area contributed by atoms with E-state index in [0.29, 0.717) is 0 Å². The Kier molecular flexibility index (Phi) is 3.70. The molecule has 0 bridgehead atoms. The quantitative estimate of drug-likeness (QED) is 0.818. The number of nitrogens with two attached hydrogens (primary N) is 1. The lowest BCUT2D eigenvalue weighted by molar-refractivity contribution is -0.211. The van der Waals surface area contributed by atoms with E-state index in [2.05, 4.69) is 4.74 Å². The number of ether oxygens (including phenoxy) is 2. The summed E-state index contributed by atoms with van der Waals surface area (Å²) in [5, 5.41) is 8.22. The zero-order valence-corrected chi connectivity index (χ0v) is 9.15. The van der Waals surface area contributed by atoms with Crippen LogP contribution in [-0.2, 0) is 4.79 Å². The number of aliphatic carboxylic acids is 1. The fraction of sp³-hybridized carbons (Fsp3) is 0.200. The summed E-state index contributed by atoms with van der Waals surface area (Å²) in [5.41, 5.74) is 5.00. The molecule has 0 atom stereocenters. The third kappa shape index (κ3) is 2.84. The molecule has 0 heterocycles. The number of carbonyl (C=O) groups excluding carboxylic acids is 1. The number of hydrogen-bond donors (Lipinski definition) is 2. The van der Waals surface area contributed by atoms with Crippen LogP contribution in [0.25, 0.3) is 0 Å². The monoisotopic (exact) mass is 261 g/mol. The Labute approximate surface area is 99.9 Å². The van der Waals surface area contributed by atoms with Crippen molar-refractivity contribution in [2.45, 2.75) is 6.11 Å². The minimum absolute atomic E-state index is 0.0119. The van der Waals surface area contributed by atoms with Gasteiger partial charge in [0.15, 0.2) is 11.5 Å². The normalized spacial score (nSPS) is 10.8. The minimum atomic E-state index is -4.40. The van der Waals surface area contributed by atoms with Gasteiger partial charge in [-0.05, 0) is 18.2 Å². The number of alkyl halides is 2. The summed E-state index contributed by atoms with van der Waals surface area (Å²) in [5.74, 6) is -3.98. The number of benzene rings is 1. The van der Waals surface area contributed by atoms with E-state index in [-0.39, 0.29) is 11.3 Å². The van der Waals surface area contributed by atoms with Gasteiger partial charge in [-0.2, -0.15) is 8.78 Å². The second-order valence-corrected chi connectivity index (χ2v) is 3.15. The third-order valence-electron chi connectivity index (χ3n) is 1.94. The van der Waals surface area contributed by atoms with E-state index < -0.39 is 23.7 Å². The molecule has 1 aromatic rings. The maximum atomic E-state index is 12.8. The lowest BCUT2D eigenvalue weighted by atomic mass is 10.2. The number of rotatable bonds is 5. The van der Waals surface area contributed by atoms with Crippen LogP contribution in [0.4, 0.5) is 8.78 Å². The standard InChI is InChI=1S/C10H9F2NO5/c1-17-7-4-5(8(13)14)2-3-6(7)18-10(11,12)9(15)16/h2-4H,1H3,(H2,13,14)(H,15,16). The van der Waals surface area contributed by atoms with Crippen LogP contribution in [0, 0.1) is 0 Å². The van der Waals surface area contributed by atoms with E-state index in [1.165, 1.54) is 0 Å². The molecule has 18 heavy (non-hydrogen) atoms. The van der Waals surface area contributed by atoms with Crippen LogP contribution in [0.5, 0.6) is 11.5 Å². The average Bonchev–Trinajstić information content (AvgIpc) is 2.28. The van der Waals surface area contributed by atoms with Gasteiger partial charge in [0.1, 0.15) is 0 Å². The van der Waals surface area contributed by atoms with Crippen molar-refractivity contribution in [3.8, 4) is 11.5 Å². The van der Waals surface area contributed by atoms with Gasteiger partial charge >= 0.3 is 12.1 Å². The van der Waals surface area contributed by atoms with Crippen molar-refractivity contribution in [1.82, 2.24) is 0 Å². The fourth-order valence-electron chi connectivity index (χ4n) is 1.09. The molecule has 0 aromatic heterocycles. The topological polar surface area (TPSA) is 98.9 Å². The lowest BCUT2D eigenvalue weighted by Gasteiger charge is -2.15. The Morgan fingerprint density at radius 3 is 2.39 bits per heavy atom. The molecule has 0 saturated heterocycles. The van der Waals surface area contributed by atoms with Gasteiger partial charge in [-0.1, -0.05) is 0 Å². The highest BCUT2D eigenvalue weighted by Gasteiger charge is 2.43. The Bertz CT molecular complexity index is 489. The summed E-state index contributed by atoms with van der Waals surface area (Å²) in [4.78, 5) is 21.1. The van der Waals surface area contributed by atoms with Gasteiger partial charge < -0.3 is 20.3 Å². The molecular weight excluding hydrogens is 252 g/mol. The van der Waals surface area contributed by atoms with Crippen LogP contribution in [-0.4, -0.2) is 30.2 Å². The molecule has 0 aliphatic rings. The van der Waals surface area contributed by atoms with Crippen molar-refractivity contribution in [3.05, 3.63) is 23.8 Å². The third-order valence-corrected chi connectivity index (χ3v) is 1.94. The van der Waals surface area contributed by atoms with E-state index in [4.69, 9.17) is 15.6 Å². The van der Waals surface area contributed by atoms with Crippen molar-refractivity contribution in [2.75, 3.05) is 7.11 Å². The summed E-state index contributed by atoms with van der Waals surface area (Å²) in [7, 11) is 1.14. The maximum Gasteiger partial charge on any atom is 0.502 e. The van der Waals surface area contributed by atoms with E-state index in [0.717, 1.165) is 25.3 Å². The number of amides is 1. The molecule has 98 valence electrons. The first-order chi connectivity index (χ1) is 8.27. The van der Waals surface area contributed by atoms with Crippen LogP contribution in [0.15, 0.2) is 18.2 Å². The van der Waals surface area contributed by atoms with Crippen molar-refractivity contribution < 1.29 is 33.0 Å². The average molecular weight is 261 g/mol. The molecule has 3 N–H and O–H groups in total. The highest BCUT2D eigenvalue weighted by Crippen LogP contribution is 2.32. The SMILES string of the molecule is COc1cc(C(N)=O)ccc1OC(F)(F)C(=O)O. The van der Waals surface area contributed by atoms with Gasteiger partial charge in [0.05, 0.1) is 7.11 Å². The van der Waals surface area contributed by atoms with E-state index in [1.807, 2.05) is 0 Å². The first kappa shape index (κ1) is 13.7. The molecule has 0 fully saturated rings. The van der Waals surface area contributed by atoms with Crippen molar-refractivity contribution in [1.29, 1.82) is 0 Å². The smallest absolute Gasteiger partial charge is 0.493 e. The van der Waals surface area contributed by atoms with Crippen molar-refractivity contribution in [2.24, 2.45) is 5.73 Å². The summed E-state index contributed by atoms with van der Waals surface area (Å²) in [6, 6.07) is 3.14. The number of halogens is 2. The molecule has 1 rings (SSSR count). The van der Waals surface area contributed by atoms with Crippen LogP contribution >= 0.6 is 0 Å². The van der Waals surface area contributed by atoms with E-state index >= 15 is 0 Å². The molecule has 1 amide bonds. The van der Waals surface area contributed by atoms with Gasteiger partial charge in [-0.15, -0.1) is 0 Å². The molecule has 1 aromatic carbocycles. The predicted octanol–water partition coefficient (Wildman–Crippen LogP) is 0.850. The maximum absolute atomic E-state index is 12.8. The zero-order chi connectivity index (χ0) is 13.9. The summed E-state index contributed by atoms with van der Waals surface area (Å²) in [6.07, 6.45) is -4.40. The second-order valence-electron chi connectivity index (χ2n) is 3.15. The molecule has 0 aliphatic heterocycles. The molecular formula is C10H9F2NO5. The van der Waals surface area contributed by atoms with Crippen molar-refractivity contribution >= 4 is 11.9 Å². The van der Waals surface area contributed by atoms with Gasteiger partial charge in [0.25, 0.3) is 0 Å². The Hall–Kier alpha value is -2.38. The van der Waals surface area contributed by atoms with Crippen LogP contribution in [0.3, 0.4) is 0 Å². The van der Waals surface area contributed by atoms with E-state index in [1.54, 1.807) is 0 Å². The van der Waals surface area contributed by atoms with Crippen LogP contribution in [0.2, 0.25) is 0 Å². The Morgan fingerprint density at radius 1 is 1.33 bits per heavy atom. The fourth-order valence-corrected chi connectivity index (χ4v) is 1.09. The second kappa shape index (κ2) is 4.86. The largest absolute Gasteiger partial charge is 0.502 e. The lowest BCUT2D eigenvalue weighted by Crippen LogP contribution is -2.34. The summed E-state index contributed by atoms with van der Waals surface area (Å²) in [6.45, 7) is 0. The molecule has 8 heteroatoms. The van der Waals surface area contributed by atoms with E-state index in [9.17, 15) is 18.4 Å². The Morgan fingerprint density at radius 2 is 1.94 bits per heavy atom. The first-order valence-electron chi connectivity index (χ1n) is 4.56. The summed E-state index contributed by atoms with van der Waals surface area (Å²) >= 11 is 0. The minimum Gasteiger partial charge on any atom is -0.493 e. The van der Waals surface area contributed by atoms with Gasteiger partial charge in [-0.25, -0.2) is 4.79 Å². The molecule has 0 saturated carbocycles. The number of hydrogen-bond acceptors (Lipinski definition) is 4. The Balaban J connectivity index is 3.11. The predicted molar refractivity (Wildman–Crippen MR) is 54.7 cm³/mol. The number of carboxylic acid groups (broad SMARTS) is 1. The zero-order valence-electron chi connectivity index (χ0n) is 9.15. The number of carboxylic acids is 1. The van der Waals surface area contributed by atoms with Gasteiger partial charge in [-0.3, -0.25) is 4.79 Å². The van der Waals surface area contributed by atoms with Crippen molar-refractivity contribution in [3.63, 3.8) is 0 Å². The van der Waals surface area contributed by atoms with Gasteiger partial charge in [0.2, 0.25) is 5.91 Å². The molecule has 6 nitrogen and oxygen atoms in total.